The van der Waals surface area contributed by atoms with Crippen LogP contribution in [0.3, 0.4) is 0 Å². The fourth-order valence-corrected chi connectivity index (χ4v) is 1.90. The SMILES string of the molecule is CCOC(=O)c1cnn(C)c1NC(=O)c1ccn(C(C)C(=O)O)n1. The van der Waals surface area contributed by atoms with Crippen molar-refractivity contribution in [2.75, 3.05) is 11.9 Å². The zero-order chi connectivity index (χ0) is 17.9. The van der Waals surface area contributed by atoms with Gasteiger partial charge in [0.15, 0.2) is 5.69 Å². The first kappa shape index (κ1) is 17.2. The maximum absolute atomic E-state index is 12.3. The second-order valence-corrected chi connectivity index (χ2v) is 4.90. The van der Waals surface area contributed by atoms with E-state index in [-0.39, 0.29) is 23.7 Å². The summed E-state index contributed by atoms with van der Waals surface area (Å²) in [6.07, 6.45) is 2.68. The highest BCUT2D eigenvalue weighted by molar-refractivity contribution is 6.06. The Morgan fingerprint density at radius 1 is 1.42 bits per heavy atom. The quantitative estimate of drug-likeness (QED) is 0.743. The van der Waals surface area contributed by atoms with Gasteiger partial charge in [-0.2, -0.15) is 10.2 Å². The normalized spacial score (nSPS) is 11.8. The predicted octanol–water partition coefficient (Wildman–Crippen LogP) is 0.691. The molecule has 10 heteroatoms. The number of nitrogens with one attached hydrogen (secondary N) is 1. The Labute approximate surface area is 137 Å². The van der Waals surface area contributed by atoms with Gasteiger partial charge in [-0.05, 0) is 19.9 Å². The molecule has 2 heterocycles. The van der Waals surface area contributed by atoms with Crippen LogP contribution in [-0.2, 0) is 16.6 Å². The molecular weight excluding hydrogens is 318 g/mol. The summed E-state index contributed by atoms with van der Waals surface area (Å²) in [6, 6.07) is 0.480. The Bertz CT molecular complexity index is 778. The minimum absolute atomic E-state index is 0.0131. The number of hydrogen-bond acceptors (Lipinski definition) is 6. The number of carbonyl (C=O) groups is 3. The molecule has 0 aromatic carbocycles. The van der Waals surface area contributed by atoms with Gasteiger partial charge in [-0.15, -0.1) is 0 Å². The van der Waals surface area contributed by atoms with Crippen molar-refractivity contribution in [2.45, 2.75) is 19.9 Å². The number of aromatic nitrogens is 4. The molecule has 10 nitrogen and oxygen atoms in total. The highest BCUT2D eigenvalue weighted by Crippen LogP contribution is 2.16. The minimum atomic E-state index is -1.07. The summed E-state index contributed by atoms with van der Waals surface area (Å²) in [4.78, 5) is 35.1. The lowest BCUT2D eigenvalue weighted by Gasteiger charge is -2.07. The van der Waals surface area contributed by atoms with Crippen molar-refractivity contribution < 1.29 is 24.2 Å². The second kappa shape index (κ2) is 6.94. The van der Waals surface area contributed by atoms with Crippen molar-refractivity contribution in [1.29, 1.82) is 0 Å². The monoisotopic (exact) mass is 335 g/mol. The van der Waals surface area contributed by atoms with Crippen molar-refractivity contribution in [3.8, 4) is 0 Å². The molecule has 0 fully saturated rings. The lowest BCUT2D eigenvalue weighted by atomic mass is 10.3. The van der Waals surface area contributed by atoms with E-state index in [0.29, 0.717) is 0 Å². The Balaban J connectivity index is 2.20. The number of carboxylic acids is 1. The highest BCUT2D eigenvalue weighted by atomic mass is 16.5. The smallest absolute Gasteiger partial charge is 0.343 e. The van der Waals surface area contributed by atoms with Gasteiger partial charge in [-0.25, -0.2) is 9.59 Å². The van der Waals surface area contributed by atoms with Gasteiger partial charge in [-0.1, -0.05) is 0 Å². The van der Waals surface area contributed by atoms with Crippen LogP contribution in [-0.4, -0.2) is 49.1 Å². The number of amides is 1. The number of carbonyl (C=O) groups excluding carboxylic acids is 2. The van der Waals surface area contributed by atoms with Crippen LogP contribution in [0.5, 0.6) is 0 Å². The van der Waals surface area contributed by atoms with Crippen molar-refractivity contribution >= 4 is 23.7 Å². The summed E-state index contributed by atoms with van der Waals surface area (Å²) < 4.78 is 7.38. The first-order valence-corrected chi connectivity index (χ1v) is 7.13. The second-order valence-electron chi connectivity index (χ2n) is 4.90. The number of carboxylic acid groups (broad SMARTS) is 1. The lowest BCUT2D eigenvalue weighted by molar-refractivity contribution is -0.140. The summed E-state index contributed by atoms with van der Waals surface area (Å²) in [6.45, 7) is 3.30. The van der Waals surface area contributed by atoms with Crippen molar-refractivity contribution in [3.63, 3.8) is 0 Å². The summed E-state index contributed by atoms with van der Waals surface area (Å²) in [7, 11) is 1.56. The van der Waals surface area contributed by atoms with E-state index in [1.54, 1.807) is 14.0 Å². The molecule has 2 aromatic heterocycles. The minimum Gasteiger partial charge on any atom is -0.480 e. The van der Waals surface area contributed by atoms with Crippen LogP contribution < -0.4 is 5.32 Å². The topological polar surface area (TPSA) is 128 Å². The number of rotatable bonds is 6. The number of aryl methyl sites for hydroxylation is 1. The Hall–Kier alpha value is -3.17. The largest absolute Gasteiger partial charge is 0.480 e. The van der Waals surface area contributed by atoms with Crippen LogP contribution in [0.15, 0.2) is 18.5 Å². The summed E-state index contributed by atoms with van der Waals surface area (Å²) >= 11 is 0. The van der Waals surface area contributed by atoms with E-state index >= 15 is 0 Å². The van der Waals surface area contributed by atoms with E-state index in [4.69, 9.17) is 9.84 Å². The maximum Gasteiger partial charge on any atom is 0.343 e. The number of hydrogen-bond donors (Lipinski definition) is 2. The third-order valence-electron chi connectivity index (χ3n) is 3.26. The molecular formula is C14H17N5O5. The molecule has 128 valence electrons. The molecule has 1 atom stereocenters. The standard InChI is InChI=1S/C14H17N5O5/c1-4-24-14(23)9-7-15-18(3)11(9)16-12(20)10-5-6-19(17-10)8(2)13(21)22/h5-8H,4H2,1-3H3,(H,16,20)(H,21,22). The molecule has 2 aromatic rings. The van der Waals surface area contributed by atoms with Gasteiger partial charge < -0.3 is 15.2 Å². The molecule has 2 N–H and O–H groups in total. The molecule has 0 saturated carbocycles. The average molecular weight is 335 g/mol. The van der Waals surface area contributed by atoms with Gasteiger partial charge in [0.2, 0.25) is 0 Å². The van der Waals surface area contributed by atoms with Gasteiger partial charge in [0.1, 0.15) is 17.4 Å². The van der Waals surface area contributed by atoms with Crippen LogP contribution in [0.4, 0.5) is 5.82 Å². The Morgan fingerprint density at radius 2 is 2.12 bits per heavy atom. The molecule has 0 aliphatic carbocycles. The molecule has 0 saturated heterocycles. The molecule has 2 rings (SSSR count). The van der Waals surface area contributed by atoms with E-state index < -0.39 is 23.9 Å². The zero-order valence-electron chi connectivity index (χ0n) is 13.4. The summed E-state index contributed by atoms with van der Waals surface area (Å²) in [5, 5.41) is 19.3. The summed E-state index contributed by atoms with van der Waals surface area (Å²) in [5.41, 5.74) is 0.130. The van der Waals surface area contributed by atoms with Crippen LogP contribution in [0, 0.1) is 0 Å². The predicted molar refractivity (Wildman–Crippen MR) is 81.7 cm³/mol. The molecule has 0 bridgehead atoms. The van der Waals surface area contributed by atoms with Gasteiger partial charge in [0.05, 0.1) is 12.8 Å². The Morgan fingerprint density at radius 3 is 2.75 bits per heavy atom. The summed E-state index contributed by atoms with van der Waals surface area (Å²) in [5.74, 6) is -2.10. The zero-order valence-corrected chi connectivity index (χ0v) is 13.4. The number of nitrogens with zero attached hydrogens (tertiary/aromatic N) is 4. The number of esters is 1. The van der Waals surface area contributed by atoms with Crippen molar-refractivity contribution in [2.24, 2.45) is 7.05 Å². The maximum atomic E-state index is 12.3. The van der Waals surface area contributed by atoms with Gasteiger partial charge in [-0.3, -0.25) is 14.2 Å². The van der Waals surface area contributed by atoms with E-state index in [1.165, 1.54) is 30.1 Å². The first-order valence-electron chi connectivity index (χ1n) is 7.13. The van der Waals surface area contributed by atoms with Gasteiger partial charge >= 0.3 is 11.9 Å². The molecule has 1 amide bonds. The average Bonchev–Trinajstić information content (AvgIpc) is 3.15. The fraction of sp³-hybridized carbons (Fsp3) is 0.357. The van der Waals surface area contributed by atoms with Crippen molar-refractivity contribution in [3.05, 3.63) is 29.7 Å². The highest BCUT2D eigenvalue weighted by Gasteiger charge is 2.22. The van der Waals surface area contributed by atoms with E-state index in [9.17, 15) is 14.4 Å². The first-order chi connectivity index (χ1) is 11.3. The fourth-order valence-electron chi connectivity index (χ4n) is 1.90. The van der Waals surface area contributed by atoms with Gasteiger partial charge in [0.25, 0.3) is 5.91 Å². The van der Waals surface area contributed by atoms with Gasteiger partial charge in [0, 0.05) is 13.2 Å². The van der Waals surface area contributed by atoms with E-state index in [0.717, 1.165) is 4.68 Å². The third kappa shape index (κ3) is 3.42. The molecule has 0 spiro atoms. The molecule has 0 radical (unpaired) electrons. The van der Waals surface area contributed by atoms with Crippen molar-refractivity contribution in [1.82, 2.24) is 19.6 Å². The van der Waals surface area contributed by atoms with Crippen LogP contribution in [0.25, 0.3) is 0 Å². The van der Waals surface area contributed by atoms with Crippen LogP contribution in [0.2, 0.25) is 0 Å². The lowest BCUT2D eigenvalue weighted by Crippen LogP contribution is -2.20. The molecule has 24 heavy (non-hydrogen) atoms. The molecule has 0 aliphatic rings. The Kier molecular flexibility index (Phi) is 4.97. The number of aliphatic carboxylic acids is 1. The number of ether oxygens (including phenoxy) is 1. The number of anilines is 1. The van der Waals surface area contributed by atoms with E-state index in [2.05, 4.69) is 15.5 Å². The molecule has 1 unspecified atom stereocenters. The van der Waals surface area contributed by atoms with Crippen LogP contribution in [0.1, 0.15) is 40.7 Å². The van der Waals surface area contributed by atoms with Crippen LogP contribution >= 0.6 is 0 Å². The third-order valence-corrected chi connectivity index (χ3v) is 3.26. The van der Waals surface area contributed by atoms with E-state index in [1.807, 2.05) is 0 Å². The molecule has 0 aliphatic heterocycles.